The third-order valence-electron chi connectivity index (χ3n) is 1.78. The maximum atomic E-state index is 13.4. The van der Waals surface area contributed by atoms with Crippen LogP contribution in [0.25, 0.3) is 11.1 Å². The molecule has 0 nitrogen and oxygen atoms in total. The van der Waals surface area contributed by atoms with E-state index in [4.69, 9.17) is 11.6 Å². The molecule has 1 heterocycles. The maximum absolute atomic E-state index is 13.4. The average molecular weight is 213 g/mol. The first-order valence-corrected chi connectivity index (χ1v) is 5.07. The van der Waals surface area contributed by atoms with Crippen molar-refractivity contribution >= 4 is 22.9 Å². The summed E-state index contributed by atoms with van der Waals surface area (Å²) in [4.78, 5) is 0. The van der Waals surface area contributed by atoms with E-state index in [1.54, 1.807) is 18.2 Å². The van der Waals surface area contributed by atoms with Crippen molar-refractivity contribution < 1.29 is 4.39 Å². The van der Waals surface area contributed by atoms with E-state index in [2.05, 4.69) is 0 Å². The Labute approximate surface area is 84.6 Å². The molecular weight excluding hydrogens is 207 g/mol. The van der Waals surface area contributed by atoms with Crippen molar-refractivity contribution in [3.05, 3.63) is 45.9 Å². The van der Waals surface area contributed by atoms with Gasteiger partial charge in [0, 0.05) is 5.56 Å². The summed E-state index contributed by atoms with van der Waals surface area (Å²) < 4.78 is 13.4. The van der Waals surface area contributed by atoms with E-state index in [-0.39, 0.29) is 10.8 Å². The summed E-state index contributed by atoms with van der Waals surface area (Å²) in [5, 5.41) is 3.98. The van der Waals surface area contributed by atoms with Crippen LogP contribution < -0.4 is 0 Å². The Kier molecular flexibility index (Phi) is 2.34. The predicted molar refractivity (Wildman–Crippen MR) is 54.7 cm³/mol. The number of rotatable bonds is 1. The first kappa shape index (κ1) is 8.73. The van der Waals surface area contributed by atoms with E-state index in [1.165, 1.54) is 11.3 Å². The lowest BCUT2D eigenvalue weighted by Gasteiger charge is -2.00. The van der Waals surface area contributed by atoms with Gasteiger partial charge in [-0.2, -0.15) is 11.3 Å². The van der Waals surface area contributed by atoms with Gasteiger partial charge in [-0.25, -0.2) is 4.39 Å². The minimum Gasteiger partial charge on any atom is -0.205 e. The topological polar surface area (TPSA) is 0 Å². The minimum absolute atomic E-state index is 0.170. The molecule has 1 aromatic carbocycles. The van der Waals surface area contributed by atoms with Gasteiger partial charge in [0.05, 0.1) is 5.02 Å². The highest BCUT2D eigenvalue weighted by Crippen LogP contribution is 2.28. The van der Waals surface area contributed by atoms with Gasteiger partial charge in [0.1, 0.15) is 5.82 Å². The van der Waals surface area contributed by atoms with Gasteiger partial charge in [-0.05, 0) is 28.5 Å². The van der Waals surface area contributed by atoms with Crippen LogP contribution >= 0.6 is 22.9 Å². The monoisotopic (exact) mass is 212 g/mol. The van der Waals surface area contributed by atoms with E-state index in [1.807, 2.05) is 16.8 Å². The number of halogens is 2. The number of hydrogen-bond donors (Lipinski definition) is 0. The quantitative estimate of drug-likeness (QED) is 0.665. The van der Waals surface area contributed by atoms with Crippen LogP contribution in [0.15, 0.2) is 35.0 Å². The molecule has 0 radical (unpaired) electrons. The Hall–Kier alpha value is -0.860. The number of benzene rings is 1. The third-order valence-corrected chi connectivity index (χ3v) is 2.76. The summed E-state index contributed by atoms with van der Waals surface area (Å²) in [5.41, 5.74) is 1.44. The van der Waals surface area contributed by atoms with Gasteiger partial charge < -0.3 is 0 Å². The molecular formula is C10H6ClFS. The zero-order chi connectivity index (χ0) is 9.26. The van der Waals surface area contributed by atoms with Gasteiger partial charge in [0.2, 0.25) is 0 Å². The molecule has 3 heteroatoms. The smallest absolute Gasteiger partial charge is 0.149 e. The highest BCUT2D eigenvalue weighted by Gasteiger charge is 2.07. The lowest BCUT2D eigenvalue weighted by Crippen LogP contribution is -1.82. The van der Waals surface area contributed by atoms with Gasteiger partial charge in [0.25, 0.3) is 0 Å². The second-order valence-corrected chi connectivity index (χ2v) is 3.80. The fourth-order valence-corrected chi connectivity index (χ4v) is 1.97. The largest absolute Gasteiger partial charge is 0.205 e. The maximum Gasteiger partial charge on any atom is 0.149 e. The van der Waals surface area contributed by atoms with Crippen LogP contribution in [0.5, 0.6) is 0 Å². The molecule has 0 bridgehead atoms. The molecule has 0 fully saturated rings. The van der Waals surface area contributed by atoms with E-state index in [0.717, 1.165) is 5.56 Å². The van der Waals surface area contributed by atoms with Crippen LogP contribution in [0.1, 0.15) is 0 Å². The van der Waals surface area contributed by atoms with Crippen molar-refractivity contribution in [2.45, 2.75) is 0 Å². The Bertz CT molecular complexity index is 409. The van der Waals surface area contributed by atoms with Crippen molar-refractivity contribution in [1.29, 1.82) is 0 Å². The molecule has 2 aromatic rings. The molecule has 0 atom stereocenters. The van der Waals surface area contributed by atoms with Crippen molar-refractivity contribution in [2.24, 2.45) is 0 Å². The van der Waals surface area contributed by atoms with Crippen LogP contribution in [0, 0.1) is 5.82 Å². The molecule has 1 aromatic heterocycles. The van der Waals surface area contributed by atoms with E-state index in [0.29, 0.717) is 5.56 Å². The SMILES string of the molecule is Fc1c(Cl)cccc1-c1ccsc1. The van der Waals surface area contributed by atoms with Crippen LogP contribution in [0.4, 0.5) is 4.39 Å². The summed E-state index contributed by atoms with van der Waals surface area (Å²) >= 11 is 7.20. The van der Waals surface area contributed by atoms with Crippen molar-refractivity contribution in [3.63, 3.8) is 0 Å². The Morgan fingerprint density at radius 3 is 2.77 bits per heavy atom. The molecule has 0 saturated heterocycles. The number of hydrogen-bond acceptors (Lipinski definition) is 1. The highest BCUT2D eigenvalue weighted by atomic mass is 35.5. The molecule has 0 aliphatic heterocycles. The van der Waals surface area contributed by atoms with Gasteiger partial charge in [0.15, 0.2) is 0 Å². The van der Waals surface area contributed by atoms with Gasteiger partial charge in [-0.3, -0.25) is 0 Å². The van der Waals surface area contributed by atoms with E-state index >= 15 is 0 Å². The highest BCUT2D eigenvalue weighted by molar-refractivity contribution is 7.08. The first-order chi connectivity index (χ1) is 6.29. The Balaban J connectivity index is 2.59. The van der Waals surface area contributed by atoms with Crippen LogP contribution in [0.3, 0.4) is 0 Å². The molecule has 0 aliphatic rings. The second-order valence-electron chi connectivity index (χ2n) is 2.61. The van der Waals surface area contributed by atoms with Gasteiger partial charge in [-0.1, -0.05) is 23.7 Å². The third kappa shape index (κ3) is 1.60. The van der Waals surface area contributed by atoms with Gasteiger partial charge >= 0.3 is 0 Å². The Morgan fingerprint density at radius 2 is 2.08 bits per heavy atom. The number of thiophene rings is 1. The summed E-state index contributed by atoms with van der Waals surface area (Å²) in [6.07, 6.45) is 0. The average Bonchev–Trinajstić information content (AvgIpc) is 2.62. The lowest BCUT2D eigenvalue weighted by atomic mass is 10.1. The van der Waals surface area contributed by atoms with Crippen LogP contribution in [0.2, 0.25) is 5.02 Å². The second kappa shape index (κ2) is 3.48. The molecule has 0 spiro atoms. The Morgan fingerprint density at radius 1 is 1.23 bits per heavy atom. The molecule has 0 aliphatic carbocycles. The summed E-state index contributed by atoms with van der Waals surface area (Å²) in [6, 6.07) is 6.90. The van der Waals surface area contributed by atoms with Crippen molar-refractivity contribution in [1.82, 2.24) is 0 Å². The normalized spacial score (nSPS) is 10.3. The van der Waals surface area contributed by atoms with E-state index < -0.39 is 0 Å². The zero-order valence-electron chi connectivity index (χ0n) is 6.63. The summed E-state index contributed by atoms with van der Waals surface area (Å²) in [5.74, 6) is -0.345. The molecule has 13 heavy (non-hydrogen) atoms. The molecule has 0 N–H and O–H groups in total. The van der Waals surface area contributed by atoms with Crippen LogP contribution in [-0.2, 0) is 0 Å². The lowest BCUT2D eigenvalue weighted by molar-refractivity contribution is 0.632. The van der Waals surface area contributed by atoms with E-state index in [9.17, 15) is 4.39 Å². The standard InChI is InChI=1S/C10H6ClFS/c11-9-3-1-2-8(10(9)12)7-4-5-13-6-7/h1-6H. The zero-order valence-corrected chi connectivity index (χ0v) is 8.20. The van der Waals surface area contributed by atoms with Gasteiger partial charge in [-0.15, -0.1) is 0 Å². The molecule has 66 valence electrons. The van der Waals surface area contributed by atoms with Crippen molar-refractivity contribution in [2.75, 3.05) is 0 Å². The molecule has 0 unspecified atom stereocenters. The minimum atomic E-state index is -0.345. The fraction of sp³-hybridized carbons (Fsp3) is 0. The van der Waals surface area contributed by atoms with Crippen LogP contribution in [-0.4, -0.2) is 0 Å². The van der Waals surface area contributed by atoms with Crippen molar-refractivity contribution in [3.8, 4) is 11.1 Å². The first-order valence-electron chi connectivity index (χ1n) is 3.75. The fourth-order valence-electron chi connectivity index (χ4n) is 1.14. The summed E-state index contributed by atoms with van der Waals surface area (Å²) in [7, 11) is 0. The molecule has 2 rings (SSSR count). The summed E-state index contributed by atoms with van der Waals surface area (Å²) in [6.45, 7) is 0. The molecule has 0 amide bonds. The molecule has 0 saturated carbocycles. The predicted octanol–water partition coefficient (Wildman–Crippen LogP) is 4.21.